The molecule has 3 rings (SSSR count). The summed E-state index contributed by atoms with van der Waals surface area (Å²) in [7, 11) is 0. The molecule has 2 N–H and O–H groups in total. The van der Waals surface area contributed by atoms with Gasteiger partial charge in [-0.25, -0.2) is 0 Å². The van der Waals surface area contributed by atoms with Crippen LogP contribution in [0.15, 0.2) is 34.9 Å². The number of hydrogen-bond donors (Lipinski definition) is 2. The van der Waals surface area contributed by atoms with Gasteiger partial charge in [0.2, 0.25) is 0 Å². The summed E-state index contributed by atoms with van der Waals surface area (Å²) in [5.74, 6) is 0. The number of furan rings is 1. The topological polar surface area (TPSA) is 46.4 Å². The van der Waals surface area contributed by atoms with Crippen LogP contribution in [0.2, 0.25) is 0 Å². The van der Waals surface area contributed by atoms with Gasteiger partial charge in [-0.15, -0.1) is 0 Å². The third kappa shape index (κ3) is 3.15. The third-order valence-corrected chi connectivity index (χ3v) is 3.54. The van der Waals surface area contributed by atoms with Crippen LogP contribution in [0.1, 0.15) is 12.0 Å². The molecule has 0 spiro atoms. The first-order valence-corrected chi connectivity index (χ1v) is 6.90. The lowest BCUT2D eigenvalue weighted by Crippen LogP contribution is -2.42. The average Bonchev–Trinajstić information content (AvgIpc) is 2.88. The molecule has 102 valence electrons. The van der Waals surface area contributed by atoms with Crippen molar-refractivity contribution in [1.82, 2.24) is 10.6 Å². The summed E-state index contributed by atoms with van der Waals surface area (Å²) in [4.78, 5) is 0. The van der Waals surface area contributed by atoms with Crippen molar-refractivity contribution in [2.45, 2.75) is 19.0 Å². The molecule has 1 aromatic carbocycles. The quantitative estimate of drug-likeness (QED) is 0.806. The molecule has 1 atom stereocenters. The normalized spacial score (nSPS) is 19.9. The molecule has 0 saturated carbocycles. The summed E-state index contributed by atoms with van der Waals surface area (Å²) < 4.78 is 11.0. The Bertz CT molecular complexity index is 518. The zero-order valence-electron chi connectivity index (χ0n) is 11.0. The summed E-state index contributed by atoms with van der Waals surface area (Å²) in [6.45, 7) is 4.48. The molecule has 0 radical (unpaired) electrons. The largest absolute Gasteiger partial charge is 0.464 e. The minimum Gasteiger partial charge on any atom is -0.464 e. The Balaban J connectivity index is 1.47. The number of fused-ring (bicyclic) bond motifs is 1. The Morgan fingerprint density at radius 3 is 3.16 bits per heavy atom. The lowest BCUT2D eigenvalue weighted by atomic mass is 10.1. The zero-order valence-corrected chi connectivity index (χ0v) is 11.0. The van der Waals surface area contributed by atoms with Gasteiger partial charge in [0, 0.05) is 30.1 Å². The Morgan fingerprint density at radius 2 is 2.26 bits per heavy atom. The molecule has 4 nitrogen and oxygen atoms in total. The minimum atomic E-state index is 0.488. The highest BCUT2D eigenvalue weighted by Crippen LogP contribution is 2.20. The molecular formula is C15H20N2O2. The second-order valence-electron chi connectivity index (χ2n) is 4.95. The maximum Gasteiger partial charge on any atom is 0.134 e. The zero-order chi connectivity index (χ0) is 12.9. The van der Waals surface area contributed by atoms with Crippen molar-refractivity contribution in [3.63, 3.8) is 0 Å². The van der Waals surface area contributed by atoms with Crippen LogP contribution < -0.4 is 10.6 Å². The van der Waals surface area contributed by atoms with Crippen LogP contribution in [-0.2, 0) is 11.3 Å². The Hall–Kier alpha value is -1.36. The third-order valence-electron chi connectivity index (χ3n) is 3.54. The van der Waals surface area contributed by atoms with E-state index in [9.17, 15) is 0 Å². The van der Waals surface area contributed by atoms with Gasteiger partial charge in [0.05, 0.1) is 19.5 Å². The van der Waals surface area contributed by atoms with Crippen LogP contribution >= 0.6 is 0 Å². The SMILES string of the molecule is c1ccc2c(CNCCC3COCCN3)coc2c1. The lowest BCUT2D eigenvalue weighted by Gasteiger charge is -2.23. The van der Waals surface area contributed by atoms with E-state index >= 15 is 0 Å². The maximum absolute atomic E-state index is 5.52. The van der Waals surface area contributed by atoms with Crippen molar-refractivity contribution in [1.29, 1.82) is 0 Å². The Kier molecular flexibility index (Phi) is 4.13. The van der Waals surface area contributed by atoms with Crippen molar-refractivity contribution >= 4 is 11.0 Å². The number of para-hydroxylation sites is 1. The molecule has 1 fully saturated rings. The molecule has 1 unspecified atom stereocenters. The van der Waals surface area contributed by atoms with Crippen LogP contribution in [0.5, 0.6) is 0 Å². The van der Waals surface area contributed by atoms with Gasteiger partial charge in [-0.3, -0.25) is 0 Å². The van der Waals surface area contributed by atoms with E-state index in [1.807, 2.05) is 24.5 Å². The first-order valence-electron chi connectivity index (χ1n) is 6.90. The monoisotopic (exact) mass is 260 g/mol. The molecule has 1 aromatic heterocycles. The first kappa shape index (κ1) is 12.7. The molecule has 0 amide bonds. The number of benzene rings is 1. The molecule has 1 aliphatic rings. The molecule has 0 bridgehead atoms. The highest BCUT2D eigenvalue weighted by molar-refractivity contribution is 5.80. The average molecular weight is 260 g/mol. The van der Waals surface area contributed by atoms with Crippen LogP contribution in [0.25, 0.3) is 11.0 Å². The van der Waals surface area contributed by atoms with Crippen LogP contribution in [0.3, 0.4) is 0 Å². The summed E-state index contributed by atoms with van der Waals surface area (Å²) in [5, 5.41) is 8.13. The molecule has 0 aliphatic carbocycles. The first-order chi connectivity index (χ1) is 9.43. The molecule has 19 heavy (non-hydrogen) atoms. The van der Waals surface area contributed by atoms with E-state index in [-0.39, 0.29) is 0 Å². The summed E-state index contributed by atoms with van der Waals surface area (Å²) in [6, 6.07) is 8.64. The summed E-state index contributed by atoms with van der Waals surface area (Å²) >= 11 is 0. The van der Waals surface area contributed by atoms with Crippen LogP contribution in [0.4, 0.5) is 0 Å². The number of ether oxygens (including phenoxy) is 1. The molecule has 1 saturated heterocycles. The van der Waals surface area contributed by atoms with Gasteiger partial charge < -0.3 is 19.8 Å². The Labute approximate surface area is 113 Å². The van der Waals surface area contributed by atoms with E-state index in [1.165, 1.54) is 10.9 Å². The number of hydrogen-bond acceptors (Lipinski definition) is 4. The van der Waals surface area contributed by atoms with E-state index in [1.54, 1.807) is 0 Å². The molecule has 1 aliphatic heterocycles. The fourth-order valence-corrected chi connectivity index (χ4v) is 2.47. The van der Waals surface area contributed by atoms with Gasteiger partial charge in [-0.05, 0) is 19.0 Å². The minimum absolute atomic E-state index is 0.488. The van der Waals surface area contributed by atoms with E-state index in [0.717, 1.165) is 44.9 Å². The molecule has 2 heterocycles. The number of nitrogens with one attached hydrogen (secondary N) is 2. The molecular weight excluding hydrogens is 240 g/mol. The fraction of sp³-hybridized carbons (Fsp3) is 0.467. The fourth-order valence-electron chi connectivity index (χ4n) is 2.47. The summed E-state index contributed by atoms with van der Waals surface area (Å²) in [5.41, 5.74) is 2.19. The van der Waals surface area contributed by atoms with Gasteiger partial charge in [0.25, 0.3) is 0 Å². The predicted molar refractivity (Wildman–Crippen MR) is 75.1 cm³/mol. The van der Waals surface area contributed by atoms with Gasteiger partial charge in [-0.1, -0.05) is 18.2 Å². The van der Waals surface area contributed by atoms with Gasteiger partial charge in [0.15, 0.2) is 0 Å². The van der Waals surface area contributed by atoms with Crippen molar-refractivity contribution in [2.24, 2.45) is 0 Å². The molecule has 2 aromatic rings. The molecule has 4 heteroatoms. The lowest BCUT2D eigenvalue weighted by molar-refractivity contribution is 0.0742. The van der Waals surface area contributed by atoms with E-state index < -0.39 is 0 Å². The highest BCUT2D eigenvalue weighted by Gasteiger charge is 2.12. The van der Waals surface area contributed by atoms with Crippen molar-refractivity contribution in [3.05, 3.63) is 36.1 Å². The second kappa shape index (κ2) is 6.19. The van der Waals surface area contributed by atoms with Crippen LogP contribution in [-0.4, -0.2) is 32.3 Å². The second-order valence-corrected chi connectivity index (χ2v) is 4.95. The van der Waals surface area contributed by atoms with Gasteiger partial charge in [-0.2, -0.15) is 0 Å². The maximum atomic E-state index is 5.52. The van der Waals surface area contributed by atoms with E-state index in [4.69, 9.17) is 9.15 Å². The van der Waals surface area contributed by atoms with E-state index in [0.29, 0.717) is 6.04 Å². The number of rotatable bonds is 5. The highest BCUT2D eigenvalue weighted by atomic mass is 16.5. The smallest absolute Gasteiger partial charge is 0.134 e. The van der Waals surface area contributed by atoms with Crippen molar-refractivity contribution < 1.29 is 9.15 Å². The summed E-state index contributed by atoms with van der Waals surface area (Å²) in [6.07, 6.45) is 2.94. The Morgan fingerprint density at radius 1 is 1.32 bits per heavy atom. The predicted octanol–water partition coefficient (Wildman–Crippen LogP) is 1.90. The number of morpholine rings is 1. The van der Waals surface area contributed by atoms with Crippen molar-refractivity contribution in [3.8, 4) is 0 Å². The van der Waals surface area contributed by atoms with Gasteiger partial charge >= 0.3 is 0 Å². The van der Waals surface area contributed by atoms with Crippen molar-refractivity contribution in [2.75, 3.05) is 26.3 Å². The van der Waals surface area contributed by atoms with Crippen LogP contribution in [0, 0.1) is 0 Å². The van der Waals surface area contributed by atoms with Gasteiger partial charge in [0.1, 0.15) is 5.58 Å². The van der Waals surface area contributed by atoms with E-state index in [2.05, 4.69) is 16.7 Å². The standard InChI is InChI=1S/C15H20N2O2/c1-2-4-15-14(3-1)12(10-19-15)9-16-6-5-13-11-18-8-7-17-13/h1-4,10,13,16-17H,5-9,11H2.